The van der Waals surface area contributed by atoms with Crippen LogP contribution >= 0.6 is 11.6 Å². The molecule has 0 radical (unpaired) electrons. The standard InChI is InChI=1S/C11H7ClFNO2/c12-10-9(5-6-16-10)11(15)14-8-3-1-7(13)2-4-8/h1-6H,(H,14,15). The molecule has 16 heavy (non-hydrogen) atoms. The van der Waals surface area contributed by atoms with E-state index in [9.17, 15) is 9.18 Å². The maximum atomic E-state index is 12.6. The summed E-state index contributed by atoms with van der Waals surface area (Å²) in [4.78, 5) is 11.6. The second-order valence-corrected chi connectivity index (χ2v) is 3.41. The Kier molecular flexibility index (Phi) is 2.92. The van der Waals surface area contributed by atoms with Crippen molar-refractivity contribution in [1.29, 1.82) is 0 Å². The lowest BCUT2D eigenvalue weighted by molar-refractivity contribution is 0.102. The summed E-state index contributed by atoms with van der Waals surface area (Å²) in [5.74, 6) is -0.760. The van der Waals surface area contributed by atoms with Crippen molar-refractivity contribution in [2.24, 2.45) is 0 Å². The summed E-state index contributed by atoms with van der Waals surface area (Å²) in [6.07, 6.45) is 1.32. The Balaban J connectivity index is 2.14. The van der Waals surface area contributed by atoms with Gasteiger partial charge < -0.3 is 9.73 Å². The van der Waals surface area contributed by atoms with E-state index >= 15 is 0 Å². The zero-order valence-electron chi connectivity index (χ0n) is 8.04. The molecule has 0 spiro atoms. The largest absolute Gasteiger partial charge is 0.452 e. The van der Waals surface area contributed by atoms with Crippen LogP contribution in [0.25, 0.3) is 0 Å². The Morgan fingerprint density at radius 3 is 2.50 bits per heavy atom. The van der Waals surface area contributed by atoms with Gasteiger partial charge in [-0.25, -0.2) is 4.39 Å². The van der Waals surface area contributed by atoms with E-state index in [4.69, 9.17) is 16.0 Å². The maximum absolute atomic E-state index is 12.6. The van der Waals surface area contributed by atoms with Crippen LogP contribution < -0.4 is 5.32 Å². The summed E-state index contributed by atoms with van der Waals surface area (Å²) in [6, 6.07) is 6.89. The van der Waals surface area contributed by atoms with Gasteiger partial charge in [-0.3, -0.25) is 4.79 Å². The molecule has 1 heterocycles. The molecular formula is C11H7ClFNO2. The highest BCUT2D eigenvalue weighted by Gasteiger charge is 2.12. The summed E-state index contributed by atoms with van der Waals surface area (Å²) < 4.78 is 17.4. The van der Waals surface area contributed by atoms with Gasteiger partial charge in [-0.2, -0.15) is 0 Å². The number of rotatable bonds is 2. The molecule has 1 aromatic carbocycles. The Labute approximate surface area is 95.8 Å². The van der Waals surface area contributed by atoms with E-state index < -0.39 is 5.91 Å². The van der Waals surface area contributed by atoms with E-state index in [1.807, 2.05) is 0 Å². The molecule has 1 amide bonds. The average molecular weight is 240 g/mol. The fourth-order valence-corrected chi connectivity index (χ4v) is 1.39. The number of amides is 1. The highest BCUT2D eigenvalue weighted by Crippen LogP contribution is 2.18. The predicted octanol–water partition coefficient (Wildman–Crippen LogP) is 3.32. The number of carbonyl (C=O) groups excluding carboxylic acids is 1. The van der Waals surface area contributed by atoms with Gasteiger partial charge >= 0.3 is 0 Å². The van der Waals surface area contributed by atoms with Crippen LogP contribution in [0.1, 0.15) is 10.4 Å². The summed E-state index contributed by atoms with van der Waals surface area (Å²) in [6.45, 7) is 0. The minimum Gasteiger partial charge on any atom is -0.452 e. The number of halogens is 2. The van der Waals surface area contributed by atoms with E-state index in [2.05, 4.69) is 5.32 Å². The van der Waals surface area contributed by atoms with E-state index in [1.165, 1.54) is 36.6 Å². The van der Waals surface area contributed by atoms with Crippen molar-refractivity contribution in [3.8, 4) is 0 Å². The van der Waals surface area contributed by atoms with Crippen molar-refractivity contribution in [1.82, 2.24) is 0 Å². The third-order valence-corrected chi connectivity index (χ3v) is 2.26. The van der Waals surface area contributed by atoms with Gasteiger partial charge in [0.1, 0.15) is 5.82 Å². The molecule has 3 nitrogen and oxygen atoms in total. The highest BCUT2D eigenvalue weighted by atomic mass is 35.5. The fourth-order valence-electron chi connectivity index (χ4n) is 1.19. The van der Waals surface area contributed by atoms with Gasteiger partial charge in [-0.1, -0.05) is 0 Å². The predicted molar refractivity (Wildman–Crippen MR) is 58.1 cm³/mol. The number of anilines is 1. The van der Waals surface area contributed by atoms with Crippen molar-refractivity contribution in [2.75, 3.05) is 5.32 Å². The number of hydrogen-bond donors (Lipinski definition) is 1. The monoisotopic (exact) mass is 239 g/mol. The topological polar surface area (TPSA) is 42.2 Å². The van der Waals surface area contributed by atoms with Crippen LogP contribution in [0.15, 0.2) is 41.0 Å². The van der Waals surface area contributed by atoms with Crippen LogP contribution in [-0.2, 0) is 0 Å². The van der Waals surface area contributed by atoms with Crippen LogP contribution in [0.3, 0.4) is 0 Å². The van der Waals surface area contributed by atoms with Crippen LogP contribution in [0.4, 0.5) is 10.1 Å². The zero-order valence-corrected chi connectivity index (χ0v) is 8.79. The first-order valence-electron chi connectivity index (χ1n) is 4.47. The third-order valence-electron chi connectivity index (χ3n) is 1.96. The third kappa shape index (κ3) is 2.23. The Bertz CT molecular complexity index is 507. The van der Waals surface area contributed by atoms with E-state index in [-0.39, 0.29) is 16.6 Å². The molecule has 0 bridgehead atoms. The lowest BCUT2D eigenvalue weighted by Gasteiger charge is -2.03. The summed E-state index contributed by atoms with van der Waals surface area (Å²) in [7, 11) is 0. The minimum absolute atomic E-state index is 0.0274. The van der Waals surface area contributed by atoms with Crippen LogP contribution in [-0.4, -0.2) is 5.91 Å². The number of hydrogen-bond acceptors (Lipinski definition) is 2. The molecule has 0 saturated heterocycles. The quantitative estimate of drug-likeness (QED) is 0.874. The van der Waals surface area contributed by atoms with Gasteiger partial charge in [-0.05, 0) is 41.9 Å². The van der Waals surface area contributed by atoms with Gasteiger partial charge in [0.15, 0.2) is 0 Å². The van der Waals surface area contributed by atoms with Gasteiger partial charge in [-0.15, -0.1) is 0 Å². The van der Waals surface area contributed by atoms with Crippen molar-refractivity contribution in [3.05, 3.63) is 53.2 Å². The fraction of sp³-hybridized carbons (Fsp3) is 0. The molecule has 2 aromatic rings. The van der Waals surface area contributed by atoms with E-state index in [0.29, 0.717) is 5.69 Å². The lowest BCUT2D eigenvalue weighted by atomic mass is 10.2. The van der Waals surface area contributed by atoms with E-state index in [1.54, 1.807) is 0 Å². The molecule has 1 aromatic heterocycles. The molecule has 5 heteroatoms. The zero-order chi connectivity index (χ0) is 11.5. The Hall–Kier alpha value is -1.81. The molecule has 0 saturated carbocycles. The number of carbonyl (C=O) groups is 1. The first-order chi connectivity index (χ1) is 7.66. The molecule has 0 aliphatic carbocycles. The average Bonchev–Trinajstić information content (AvgIpc) is 2.68. The van der Waals surface area contributed by atoms with Crippen LogP contribution in [0.2, 0.25) is 5.22 Å². The van der Waals surface area contributed by atoms with Crippen LogP contribution in [0.5, 0.6) is 0 Å². The van der Waals surface area contributed by atoms with Gasteiger partial charge in [0, 0.05) is 5.69 Å². The van der Waals surface area contributed by atoms with Crippen molar-refractivity contribution in [2.45, 2.75) is 0 Å². The molecule has 2 rings (SSSR count). The molecule has 0 aliphatic rings. The van der Waals surface area contributed by atoms with Crippen molar-refractivity contribution in [3.63, 3.8) is 0 Å². The van der Waals surface area contributed by atoms with Crippen molar-refractivity contribution < 1.29 is 13.6 Å². The Morgan fingerprint density at radius 2 is 1.94 bits per heavy atom. The molecule has 0 fully saturated rings. The van der Waals surface area contributed by atoms with Crippen LogP contribution in [0, 0.1) is 5.82 Å². The normalized spacial score (nSPS) is 10.1. The molecule has 0 aliphatic heterocycles. The number of nitrogens with one attached hydrogen (secondary N) is 1. The maximum Gasteiger partial charge on any atom is 0.260 e. The van der Waals surface area contributed by atoms with E-state index in [0.717, 1.165) is 0 Å². The summed E-state index contributed by atoms with van der Waals surface area (Å²) in [5.41, 5.74) is 0.731. The Morgan fingerprint density at radius 1 is 1.25 bits per heavy atom. The number of benzene rings is 1. The molecule has 0 atom stereocenters. The molecule has 82 valence electrons. The molecule has 1 N–H and O–H groups in total. The minimum atomic E-state index is -0.398. The van der Waals surface area contributed by atoms with Gasteiger partial charge in [0.05, 0.1) is 11.8 Å². The first kappa shape index (κ1) is 10.7. The highest BCUT2D eigenvalue weighted by molar-refractivity contribution is 6.32. The SMILES string of the molecule is O=C(Nc1ccc(F)cc1)c1ccoc1Cl. The summed E-state index contributed by atoms with van der Waals surface area (Å²) in [5, 5.41) is 2.59. The molecular weight excluding hydrogens is 233 g/mol. The lowest BCUT2D eigenvalue weighted by Crippen LogP contribution is -2.11. The second kappa shape index (κ2) is 4.37. The van der Waals surface area contributed by atoms with Gasteiger partial charge in [0.25, 0.3) is 5.91 Å². The summed E-state index contributed by atoms with van der Waals surface area (Å²) >= 11 is 5.64. The molecule has 0 unspecified atom stereocenters. The number of furan rings is 1. The smallest absolute Gasteiger partial charge is 0.260 e. The van der Waals surface area contributed by atoms with Crippen molar-refractivity contribution >= 4 is 23.2 Å². The second-order valence-electron chi connectivity index (χ2n) is 3.07. The first-order valence-corrected chi connectivity index (χ1v) is 4.84. The van der Waals surface area contributed by atoms with Gasteiger partial charge in [0.2, 0.25) is 5.22 Å².